The van der Waals surface area contributed by atoms with E-state index in [1.807, 2.05) is 0 Å². The predicted molar refractivity (Wildman–Crippen MR) is 129 cm³/mol. The molecule has 0 aromatic carbocycles. The molecular weight excluding hydrogens is 364 g/mol. The summed E-state index contributed by atoms with van der Waals surface area (Å²) in [6.07, 6.45) is 25.7. The molecule has 0 amide bonds. The van der Waals surface area contributed by atoms with Gasteiger partial charge in [0, 0.05) is 18.4 Å². The summed E-state index contributed by atoms with van der Waals surface area (Å²) >= 11 is 0. The zero-order chi connectivity index (χ0) is 21.0. The zero-order valence-electron chi connectivity index (χ0n) is 20.3. The molecule has 0 aromatic heterocycles. The Kier molecular flexibility index (Phi) is 11.1. The number of hydrogen-bond donors (Lipinski definition) is 0. The topological polar surface area (TPSA) is 9.23 Å². The van der Waals surface area contributed by atoms with Crippen molar-refractivity contribution in [2.75, 3.05) is 6.61 Å². The number of ether oxygens (including phenoxy) is 1. The van der Waals surface area contributed by atoms with Crippen LogP contribution >= 0.6 is 0 Å². The van der Waals surface area contributed by atoms with E-state index in [-0.39, 0.29) is 0 Å². The zero-order valence-corrected chi connectivity index (χ0v) is 20.3. The Morgan fingerprint density at radius 1 is 0.600 bits per heavy atom. The van der Waals surface area contributed by atoms with Gasteiger partial charge in [0.25, 0.3) is 0 Å². The highest BCUT2D eigenvalue weighted by atomic mass is 16.5. The van der Waals surface area contributed by atoms with Gasteiger partial charge in [0.1, 0.15) is 0 Å². The summed E-state index contributed by atoms with van der Waals surface area (Å²) in [5, 5.41) is 0. The third kappa shape index (κ3) is 8.22. The van der Waals surface area contributed by atoms with E-state index in [1.54, 1.807) is 0 Å². The van der Waals surface area contributed by atoms with Crippen LogP contribution in [0.3, 0.4) is 0 Å². The van der Waals surface area contributed by atoms with Gasteiger partial charge in [0.05, 0.1) is 6.10 Å². The molecule has 30 heavy (non-hydrogen) atoms. The molecule has 3 saturated carbocycles. The summed E-state index contributed by atoms with van der Waals surface area (Å²) in [5.41, 5.74) is 0. The van der Waals surface area contributed by atoms with Crippen LogP contribution in [0, 0.1) is 41.4 Å². The first-order chi connectivity index (χ1) is 14.8. The maximum atomic E-state index is 5.93. The monoisotopic (exact) mass is 414 g/mol. The first kappa shape index (κ1) is 24.2. The van der Waals surface area contributed by atoms with Crippen LogP contribution in [-0.2, 0) is 4.74 Å². The Morgan fingerprint density at radius 3 is 1.73 bits per heavy atom. The van der Waals surface area contributed by atoms with Gasteiger partial charge in [0.15, 0.2) is 0 Å². The van der Waals surface area contributed by atoms with E-state index >= 15 is 0 Å². The Labute approximate surface area is 188 Å². The highest BCUT2D eigenvalue weighted by molar-refractivity contribution is 5.09. The molecule has 0 atom stereocenters. The van der Waals surface area contributed by atoms with Gasteiger partial charge in [-0.05, 0) is 88.4 Å². The molecule has 0 unspecified atom stereocenters. The van der Waals surface area contributed by atoms with Crippen LogP contribution in [0.2, 0.25) is 0 Å². The summed E-state index contributed by atoms with van der Waals surface area (Å²) in [4.78, 5) is 0. The summed E-state index contributed by atoms with van der Waals surface area (Å²) in [5.74, 6) is 11.9. The van der Waals surface area contributed by atoms with Crippen LogP contribution in [0.15, 0.2) is 0 Å². The van der Waals surface area contributed by atoms with Crippen LogP contribution in [0.5, 0.6) is 0 Å². The molecule has 1 nitrogen and oxygen atoms in total. The van der Waals surface area contributed by atoms with Gasteiger partial charge in [0.2, 0.25) is 0 Å². The number of rotatable bonds is 9. The molecule has 0 radical (unpaired) electrons. The molecule has 0 N–H and O–H groups in total. The van der Waals surface area contributed by atoms with Gasteiger partial charge in [-0.1, -0.05) is 70.6 Å². The normalized spacial score (nSPS) is 34.9. The van der Waals surface area contributed by atoms with Crippen molar-refractivity contribution in [2.45, 2.75) is 136 Å². The number of hydrogen-bond acceptors (Lipinski definition) is 1. The van der Waals surface area contributed by atoms with Crippen molar-refractivity contribution in [1.82, 2.24) is 0 Å². The lowest BCUT2D eigenvalue weighted by Gasteiger charge is -2.37. The fourth-order valence-electron chi connectivity index (χ4n) is 6.44. The molecule has 3 aliphatic rings. The summed E-state index contributed by atoms with van der Waals surface area (Å²) < 4.78 is 5.93. The minimum atomic E-state index is 0.518. The van der Waals surface area contributed by atoms with E-state index in [0.717, 1.165) is 30.8 Å². The number of unbranched alkanes of at least 4 members (excludes halogenated alkanes) is 3. The van der Waals surface area contributed by atoms with Gasteiger partial charge < -0.3 is 4.74 Å². The largest absolute Gasteiger partial charge is 0.378 e. The molecule has 3 aliphatic carbocycles. The summed E-state index contributed by atoms with van der Waals surface area (Å²) in [6.45, 7) is 5.46. The molecule has 0 bridgehead atoms. The fraction of sp³-hybridized carbons (Fsp3) is 0.931. The van der Waals surface area contributed by atoms with Gasteiger partial charge in [-0.25, -0.2) is 0 Å². The van der Waals surface area contributed by atoms with E-state index in [9.17, 15) is 0 Å². The van der Waals surface area contributed by atoms with Gasteiger partial charge in [-0.3, -0.25) is 0 Å². The van der Waals surface area contributed by atoms with Crippen molar-refractivity contribution >= 4 is 0 Å². The van der Waals surface area contributed by atoms with Crippen molar-refractivity contribution in [1.29, 1.82) is 0 Å². The summed E-state index contributed by atoms with van der Waals surface area (Å²) in [7, 11) is 0. The molecule has 0 aromatic rings. The Bertz CT molecular complexity index is 490. The second-order valence-corrected chi connectivity index (χ2v) is 10.9. The van der Waals surface area contributed by atoms with Crippen molar-refractivity contribution < 1.29 is 4.74 Å². The van der Waals surface area contributed by atoms with Crippen LogP contribution < -0.4 is 0 Å². The highest BCUT2D eigenvalue weighted by Crippen LogP contribution is 2.42. The molecule has 3 fully saturated rings. The van der Waals surface area contributed by atoms with Crippen LogP contribution in [0.4, 0.5) is 0 Å². The van der Waals surface area contributed by atoms with Crippen molar-refractivity contribution in [3.8, 4) is 11.8 Å². The summed E-state index contributed by atoms with van der Waals surface area (Å²) in [6, 6.07) is 0. The van der Waals surface area contributed by atoms with E-state index in [1.165, 1.54) is 109 Å². The first-order valence-corrected chi connectivity index (χ1v) is 13.9. The van der Waals surface area contributed by atoms with Crippen molar-refractivity contribution in [3.05, 3.63) is 0 Å². The van der Waals surface area contributed by atoms with Crippen LogP contribution in [-0.4, -0.2) is 12.7 Å². The van der Waals surface area contributed by atoms with E-state index in [0.29, 0.717) is 17.9 Å². The Morgan fingerprint density at radius 2 is 1.17 bits per heavy atom. The molecular formula is C29H50O. The molecule has 0 heterocycles. The first-order valence-electron chi connectivity index (χ1n) is 13.9. The maximum Gasteiger partial charge on any atom is 0.0576 e. The average Bonchev–Trinajstić information content (AvgIpc) is 2.81. The molecule has 1 heteroatoms. The quantitative estimate of drug-likeness (QED) is 0.271. The van der Waals surface area contributed by atoms with Gasteiger partial charge in [-0.2, -0.15) is 0 Å². The Balaban J connectivity index is 1.28. The van der Waals surface area contributed by atoms with Crippen LogP contribution in [0.1, 0.15) is 129 Å². The van der Waals surface area contributed by atoms with Crippen molar-refractivity contribution in [2.24, 2.45) is 29.6 Å². The third-order valence-corrected chi connectivity index (χ3v) is 8.52. The SMILES string of the molecule is CCCCCCC1CCC(C2CCC(C#CC3CCC(OCCC)CC3)CC2)CC1. The van der Waals surface area contributed by atoms with E-state index < -0.39 is 0 Å². The fourth-order valence-corrected chi connectivity index (χ4v) is 6.44. The maximum absolute atomic E-state index is 5.93. The second kappa shape index (κ2) is 13.8. The molecule has 172 valence electrons. The third-order valence-electron chi connectivity index (χ3n) is 8.52. The molecule has 0 aliphatic heterocycles. The Hall–Kier alpha value is -0.480. The minimum absolute atomic E-state index is 0.518. The van der Waals surface area contributed by atoms with Gasteiger partial charge in [-0.15, -0.1) is 0 Å². The molecule has 0 saturated heterocycles. The lowest BCUT2D eigenvalue weighted by molar-refractivity contribution is 0.0234. The average molecular weight is 415 g/mol. The minimum Gasteiger partial charge on any atom is -0.378 e. The van der Waals surface area contributed by atoms with Crippen molar-refractivity contribution in [3.63, 3.8) is 0 Å². The predicted octanol–water partition coefficient (Wildman–Crippen LogP) is 8.56. The lowest BCUT2D eigenvalue weighted by Crippen LogP contribution is -2.25. The molecule has 3 rings (SSSR count). The smallest absolute Gasteiger partial charge is 0.0576 e. The van der Waals surface area contributed by atoms with E-state index in [4.69, 9.17) is 4.74 Å². The van der Waals surface area contributed by atoms with Gasteiger partial charge >= 0.3 is 0 Å². The van der Waals surface area contributed by atoms with E-state index in [2.05, 4.69) is 25.7 Å². The second-order valence-electron chi connectivity index (χ2n) is 10.9. The molecule has 0 spiro atoms. The van der Waals surface area contributed by atoms with Crippen LogP contribution in [0.25, 0.3) is 0 Å². The highest BCUT2D eigenvalue weighted by Gasteiger charge is 2.30. The lowest BCUT2D eigenvalue weighted by atomic mass is 9.68. The standard InChI is InChI=1S/C29H50O/c1-3-5-6-7-8-24-11-17-27(18-12-24)28-19-13-25(14-20-28)9-10-26-15-21-29(22-16-26)30-23-4-2/h24-29H,3-8,11-23H2,1-2H3.